The van der Waals surface area contributed by atoms with Gasteiger partial charge in [-0.1, -0.05) is 11.8 Å². The molecule has 3 nitrogen and oxygen atoms in total. The number of carbonyl (C=O) groups excluding carboxylic acids is 2. The number of hydrogen-bond donors (Lipinski definition) is 0. The highest BCUT2D eigenvalue weighted by atomic mass is 32.2. The van der Waals surface area contributed by atoms with Crippen LogP contribution in [0.3, 0.4) is 0 Å². The summed E-state index contributed by atoms with van der Waals surface area (Å²) in [6, 6.07) is 0. The molecule has 0 radical (unpaired) electrons. The lowest BCUT2D eigenvalue weighted by Crippen LogP contribution is -2.32. The van der Waals surface area contributed by atoms with Crippen LogP contribution in [0.2, 0.25) is 0 Å². The highest BCUT2D eigenvalue weighted by molar-refractivity contribution is 8.13. The second kappa shape index (κ2) is 6.14. The Labute approximate surface area is 111 Å². The van der Waals surface area contributed by atoms with Crippen molar-refractivity contribution in [2.75, 3.05) is 17.3 Å². The van der Waals surface area contributed by atoms with Crippen LogP contribution in [0, 0.1) is 11.8 Å². The molecule has 1 rings (SSSR count). The van der Waals surface area contributed by atoms with E-state index in [-0.39, 0.29) is 22.9 Å². The van der Waals surface area contributed by atoms with Crippen molar-refractivity contribution in [2.45, 2.75) is 33.3 Å². The average molecular weight is 276 g/mol. The van der Waals surface area contributed by atoms with Crippen LogP contribution in [-0.2, 0) is 14.3 Å². The van der Waals surface area contributed by atoms with Gasteiger partial charge < -0.3 is 4.74 Å². The molecule has 0 aromatic carbocycles. The minimum Gasteiger partial charge on any atom is -0.460 e. The van der Waals surface area contributed by atoms with Gasteiger partial charge in [0.1, 0.15) is 5.60 Å². The summed E-state index contributed by atoms with van der Waals surface area (Å²) in [5, 5.41) is 0.116. The Morgan fingerprint density at radius 1 is 1.35 bits per heavy atom. The molecule has 1 aliphatic heterocycles. The van der Waals surface area contributed by atoms with Crippen molar-refractivity contribution in [3.8, 4) is 0 Å². The zero-order valence-electron chi connectivity index (χ0n) is 10.8. The molecule has 2 unspecified atom stereocenters. The van der Waals surface area contributed by atoms with Gasteiger partial charge in [-0.2, -0.15) is 11.8 Å². The average Bonchev–Trinajstić information content (AvgIpc) is 2.59. The summed E-state index contributed by atoms with van der Waals surface area (Å²) in [6.45, 7) is 7.21. The van der Waals surface area contributed by atoms with E-state index >= 15 is 0 Å². The normalized spacial score (nSPS) is 24.7. The van der Waals surface area contributed by atoms with Gasteiger partial charge in [-0.05, 0) is 32.4 Å². The Morgan fingerprint density at radius 3 is 2.53 bits per heavy atom. The van der Waals surface area contributed by atoms with Crippen LogP contribution in [-0.4, -0.2) is 33.9 Å². The van der Waals surface area contributed by atoms with Crippen LogP contribution in [0.4, 0.5) is 0 Å². The van der Waals surface area contributed by atoms with Crippen LogP contribution >= 0.6 is 23.5 Å². The maximum Gasteiger partial charge on any atom is 0.310 e. The fraction of sp³-hybridized carbons (Fsp3) is 0.833. The van der Waals surface area contributed by atoms with Crippen LogP contribution in [0.1, 0.15) is 27.7 Å². The molecule has 5 heteroatoms. The molecule has 17 heavy (non-hydrogen) atoms. The predicted molar refractivity (Wildman–Crippen MR) is 73.3 cm³/mol. The van der Waals surface area contributed by atoms with E-state index in [2.05, 4.69) is 0 Å². The first-order chi connectivity index (χ1) is 7.79. The van der Waals surface area contributed by atoms with E-state index < -0.39 is 5.60 Å². The summed E-state index contributed by atoms with van der Waals surface area (Å²) in [4.78, 5) is 22.9. The summed E-state index contributed by atoms with van der Waals surface area (Å²) >= 11 is 3.08. The Morgan fingerprint density at radius 2 is 2.00 bits per heavy atom. The third-order valence-electron chi connectivity index (χ3n) is 2.41. The van der Waals surface area contributed by atoms with Crippen LogP contribution < -0.4 is 0 Å². The molecular weight excluding hydrogens is 256 g/mol. The van der Waals surface area contributed by atoms with Gasteiger partial charge in [-0.15, -0.1) is 0 Å². The molecule has 0 aromatic rings. The Balaban J connectivity index is 2.51. The summed E-state index contributed by atoms with van der Waals surface area (Å²) in [5.41, 5.74) is -0.428. The van der Waals surface area contributed by atoms with Crippen molar-refractivity contribution in [3.05, 3.63) is 0 Å². The summed E-state index contributed by atoms with van der Waals surface area (Å²) < 4.78 is 5.41. The van der Waals surface area contributed by atoms with Crippen molar-refractivity contribution in [2.24, 2.45) is 11.8 Å². The van der Waals surface area contributed by atoms with Crippen LogP contribution in [0.25, 0.3) is 0 Å². The number of carbonyl (C=O) groups is 2. The lowest BCUT2D eigenvalue weighted by atomic mass is 9.98. The number of thioether (sulfide) groups is 2. The van der Waals surface area contributed by atoms with E-state index in [1.165, 1.54) is 11.8 Å². The van der Waals surface area contributed by atoms with E-state index in [1.807, 2.05) is 20.8 Å². The summed E-state index contributed by atoms with van der Waals surface area (Å²) in [6.07, 6.45) is 0. The Hall–Kier alpha value is -0.160. The van der Waals surface area contributed by atoms with Crippen LogP contribution in [0.15, 0.2) is 0 Å². The maximum absolute atomic E-state index is 12.0. The van der Waals surface area contributed by atoms with E-state index in [1.54, 1.807) is 18.7 Å². The van der Waals surface area contributed by atoms with Crippen molar-refractivity contribution < 1.29 is 14.3 Å². The zero-order valence-corrected chi connectivity index (χ0v) is 12.5. The van der Waals surface area contributed by atoms with Gasteiger partial charge in [0.05, 0.1) is 5.92 Å². The third-order valence-corrected chi connectivity index (χ3v) is 4.67. The van der Waals surface area contributed by atoms with Crippen molar-refractivity contribution >= 4 is 34.6 Å². The standard InChI is InChI=1S/C12H20O3S2/c1-8(13)17-6-9-5-16-7-10(9)11(14)15-12(2,3)4/h9-10H,5-7H2,1-4H3. The van der Waals surface area contributed by atoms with Crippen molar-refractivity contribution in [1.82, 2.24) is 0 Å². The third kappa shape index (κ3) is 5.34. The van der Waals surface area contributed by atoms with Crippen LogP contribution in [0.5, 0.6) is 0 Å². The lowest BCUT2D eigenvalue weighted by Gasteiger charge is -2.24. The first kappa shape index (κ1) is 14.9. The lowest BCUT2D eigenvalue weighted by molar-refractivity contribution is -0.160. The largest absolute Gasteiger partial charge is 0.460 e. The highest BCUT2D eigenvalue weighted by Gasteiger charge is 2.36. The molecule has 0 bridgehead atoms. The molecule has 2 atom stereocenters. The SMILES string of the molecule is CC(=O)SCC1CSCC1C(=O)OC(C)(C)C. The maximum atomic E-state index is 12.0. The monoisotopic (exact) mass is 276 g/mol. The molecule has 0 spiro atoms. The molecule has 0 aliphatic carbocycles. The van der Waals surface area contributed by atoms with Gasteiger partial charge in [0, 0.05) is 18.4 Å². The summed E-state index contributed by atoms with van der Waals surface area (Å²) in [7, 11) is 0. The molecule has 1 heterocycles. The van der Waals surface area contributed by atoms with Crippen molar-refractivity contribution in [3.63, 3.8) is 0 Å². The van der Waals surface area contributed by atoms with Gasteiger partial charge >= 0.3 is 5.97 Å². The first-order valence-electron chi connectivity index (χ1n) is 5.73. The minimum atomic E-state index is -0.428. The smallest absolute Gasteiger partial charge is 0.310 e. The van der Waals surface area contributed by atoms with Crippen molar-refractivity contribution in [1.29, 1.82) is 0 Å². The molecular formula is C12H20O3S2. The van der Waals surface area contributed by atoms with E-state index in [0.29, 0.717) is 0 Å². The molecule has 0 N–H and O–H groups in total. The predicted octanol–water partition coefficient (Wildman–Crippen LogP) is 2.59. The number of ether oxygens (including phenoxy) is 1. The molecule has 1 aliphatic rings. The Kier molecular flexibility index (Phi) is 5.38. The minimum absolute atomic E-state index is 0.0499. The van der Waals surface area contributed by atoms with E-state index in [0.717, 1.165) is 17.3 Å². The zero-order chi connectivity index (χ0) is 13.1. The molecule has 0 amide bonds. The van der Waals surface area contributed by atoms with Gasteiger partial charge in [0.2, 0.25) is 0 Å². The number of hydrogen-bond acceptors (Lipinski definition) is 5. The Bertz CT molecular complexity index is 297. The molecule has 98 valence electrons. The van der Waals surface area contributed by atoms with Gasteiger partial charge in [0.25, 0.3) is 0 Å². The second-order valence-corrected chi connectivity index (χ2v) is 7.51. The quantitative estimate of drug-likeness (QED) is 0.741. The fourth-order valence-corrected chi connectivity index (χ4v) is 4.02. The molecule has 1 fully saturated rings. The number of esters is 1. The van der Waals surface area contributed by atoms with E-state index in [4.69, 9.17) is 4.74 Å². The number of rotatable bonds is 3. The summed E-state index contributed by atoms with van der Waals surface area (Å²) in [5.74, 6) is 2.60. The van der Waals surface area contributed by atoms with Gasteiger partial charge in [-0.3, -0.25) is 9.59 Å². The first-order valence-corrected chi connectivity index (χ1v) is 7.87. The van der Waals surface area contributed by atoms with Gasteiger partial charge in [-0.25, -0.2) is 0 Å². The second-order valence-electron chi connectivity index (χ2n) is 5.24. The van der Waals surface area contributed by atoms with E-state index in [9.17, 15) is 9.59 Å². The van der Waals surface area contributed by atoms with Gasteiger partial charge in [0.15, 0.2) is 5.12 Å². The topological polar surface area (TPSA) is 43.4 Å². The molecule has 1 saturated heterocycles. The highest BCUT2D eigenvalue weighted by Crippen LogP contribution is 2.34. The molecule has 0 saturated carbocycles. The fourth-order valence-electron chi connectivity index (χ4n) is 1.63. The molecule has 0 aromatic heterocycles.